The molecule has 0 radical (unpaired) electrons. The molecule has 0 rings (SSSR count). The smallest absolute Gasteiger partial charge is 0.0664 e. The normalized spacial score (nSPS) is 15.3. The molecule has 0 aromatic heterocycles. The molecule has 1 nitrogen and oxygen atoms in total. The molecule has 0 aromatic carbocycles. The fourth-order valence-electron chi connectivity index (χ4n) is 0.276. The van der Waals surface area contributed by atoms with E-state index < -0.39 is 0 Å². The second-order valence-electron chi connectivity index (χ2n) is 1.33. The molecular formula is C5H11NS. The summed E-state index contributed by atoms with van der Waals surface area (Å²) in [5.74, 6) is 0. The van der Waals surface area contributed by atoms with Gasteiger partial charge in [0, 0.05) is 0 Å². The molecule has 42 valence electrons. The van der Waals surface area contributed by atoms with Crippen LogP contribution in [0.5, 0.6) is 0 Å². The van der Waals surface area contributed by atoms with Gasteiger partial charge in [-0.3, -0.25) is 0 Å². The first-order valence-corrected chi connectivity index (χ1v) is 2.89. The van der Waals surface area contributed by atoms with E-state index in [1.54, 1.807) is 0 Å². The fraction of sp³-hybridized carbons (Fsp3) is 0.600. The Morgan fingerprint density at radius 2 is 2.43 bits per heavy atom. The maximum Gasteiger partial charge on any atom is 0.0664 e. The van der Waals surface area contributed by atoms with Crippen molar-refractivity contribution in [2.24, 2.45) is 5.73 Å². The first kappa shape index (κ1) is 7.05. The Bertz CT molecular complexity index is 59.1. The summed E-state index contributed by atoms with van der Waals surface area (Å²) < 4.78 is 0. The monoisotopic (exact) mass is 117 g/mol. The molecule has 0 aliphatic carbocycles. The topological polar surface area (TPSA) is 26.0 Å². The molecule has 2 N–H and O–H groups in total. The van der Waals surface area contributed by atoms with Gasteiger partial charge in [-0.2, -0.15) is 12.6 Å². The van der Waals surface area contributed by atoms with E-state index in [1.165, 1.54) is 0 Å². The third kappa shape index (κ3) is 6.05. The summed E-state index contributed by atoms with van der Waals surface area (Å²) in [5, 5.41) is -0.0834. The van der Waals surface area contributed by atoms with Crippen LogP contribution >= 0.6 is 12.6 Å². The van der Waals surface area contributed by atoms with E-state index in [9.17, 15) is 0 Å². The number of thiol groups is 1. The molecule has 0 aromatic rings. The van der Waals surface area contributed by atoms with E-state index >= 15 is 0 Å². The van der Waals surface area contributed by atoms with Crippen molar-refractivity contribution >= 4 is 12.6 Å². The van der Waals surface area contributed by atoms with Crippen LogP contribution in [0.2, 0.25) is 0 Å². The van der Waals surface area contributed by atoms with Gasteiger partial charge in [-0.1, -0.05) is 19.1 Å². The average molecular weight is 117 g/mol. The number of nitrogens with two attached hydrogens (primary N) is 1. The average Bonchev–Trinajstić information content (AvgIpc) is 1.61. The van der Waals surface area contributed by atoms with Crippen LogP contribution in [0.4, 0.5) is 0 Å². The van der Waals surface area contributed by atoms with Crippen LogP contribution in [0.3, 0.4) is 0 Å². The highest BCUT2D eigenvalue weighted by Crippen LogP contribution is 1.87. The largest absolute Gasteiger partial charge is 0.316 e. The lowest BCUT2D eigenvalue weighted by Gasteiger charge is -1.89. The van der Waals surface area contributed by atoms with Crippen LogP contribution < -0.4 is 5.73 Å². The van der Waals surface area contributed by atoms with Crippen molar-refractivity contribution in [1.29, 1.82) is 0 Å². The lowest BCUT2D eigenvalue weighted by atomic mass is 10.4. The Balaban J connectivity index is 3.08. The van der Waals surface area contributed by atoms with Crippen molar-refractivity contribution in [3.8, 4) is 0 Å². The molecule has 0 fully saturated rings. The second-order valence-corrected chi connectivity index (χ2v) is 1.92. The first-order valence-electron chi connectivity index (χ1n) is 2.37. The van der Waals surface area contributed by atoms with E-state index in [1.807, 2.05) is 12.2 Å². The van der Waals surface area contributed by atoms with E-state index in [-0.39, 0.29) is 5.37 Å². The zero-order valence-electron chi connectivity index (χ0n) is 4.46. The zero-order valence-corrected chi connectivity index (χ0v) is 5.36. The summed E-state index contributed by atoms with van der Waals surface area (Å²) in [5.41, 5.74) is 5.26. The third-order valence-electron chi connectivity index (χ3n) is 0.569. The highest BCUT2D eigenvalue weighted by molar-refractivity contribution is 7.81. The van der Waals surface area contributed by atoms with Gasteiger partial charge < -0.3 is 5.73 Å². The van der Waals surface area contributed by atoms with Gasteiger partial charge in [0.25, 0.3) is 0 Å². The SMILES string of the molecule is CC/C=C/C(N)S. The Morgan fingerprint density at radius 3 is 2.57 bits per heavy atom. The summed E-state index contributed by atoms with van der Waals surface area (Å²) in [6.07, 6.45) is 4.90. The summed E-state index contributed by atoms with van der Waals surface area (Å²) >= 11 is 3.92. The zero-order chi connectivity index (χ0) is 5.70. The Morgan fingerprint density at radius 1 is 1.86 bits per heavy atom. The quantitative estimate of drug-likeness (QED) is 0.317. The molecule has 0 amide bonds. The summed E-state index contributed by atoms with van der Waals surface area (Å²) in [6.45, 7) is 2.06. The minimum atomic E-state index is -0.0834. The summed E-state index contributed by atoms with van der Waals surface area (Å²) in [4.78, 5) is 0. The maximum atomic E-state index is 5.26. The molecular weight excluding hydrogens is 106 g/mol. The highest BCUT2D eigenvalue weighted by Gasteiger charge is 1.78. The summed E-state index contributed by atoms with van der Waals surface area (Å²) in [6, 6.07) is 0. The maximum absolute atomic E-state index is 5.26. The number of hydrogen-bond acceptors (Lipinski definition) is 2. The van der Waals surface area contributed by atoms with Gasteiger partial charge in [0.15, 0.2) is 0 Å². The molecule has 0 saturated carbocycles. The van der Waals surface area contributed by atoms with Crippen LogP contribution in [-0.2, 0) is 0 Å². The van der Waals surface area contributed by atoms with Crippen LogP contribution in [-0.4, -0.2) is 5.37 Å². The fourth-order valence-corrected chi connectivity index (χ4v) is 0.397. The van der Waals surface area contributed by atoms with Gasteiger partial charge >= 0.3 is 0 Å². The number of allylic oxidation sites excluding steroid dienone is 1. The molecule has 0 bridgehead atoms. The van der Waals surface area contributed by atoms with Gasteiger partial charge in [0.1, 0.15) is 0 Å². The van der Waals surface area contributed by atoms with Crippen molar-refractivity contribution in [2.45, 2.75) is 18.7 Å². The van der Waals surface area contributed by atoms with Gasteiger partial charge in [-0.25, -0.2) is 0 Å². The third-order valence-corrected chi connectivity index (χ3v) is 0.741. The van der Waals surface area contributed by atoms with Gasteiger partial charge in [-0.15, -0.1) is 0 Å². The number of hydrogen-bond donors (Lipinski definition) is 2. The molecule has 1 unspecified atom stereocenters. The second kappa shape index (κ2) is 4.22. The van der Waals surface area contributed by atoms with E-state index in [0.717, 1.165) is 6.42 Å². The Hall–Kier alpha value is 0.0500. The van der Waals surface area contributed by atoms with E-state index in [2.05, 4.69) is 19.6 Å². The van der Waals surface area contributed by atoms with Gasteiger partial charge in [0.2, 0.25) is 0 Å². The minimum Gasteiger partial charge on any atom is -0.316 e. The molecule has 0 aliphatic rings. The molecule has 1 atom stereocenters. The molecule has 7 heavy (non-hydrogen) atoms. The molecule has 0 saturated heterocycles. The number of rotatable bonds is 2. The van der Waals surface area contributed by atoms with E-state index in [0.29, 0.717) is 0 Å². The van der Waals surface area contributed by atoms with E-state index in [4.69, 9.17) is 5.73 Å². The Kier molecular flexibility index (Phi) is 4.25. The van der Waals surface area contributed by atoms with Crippen LogP contribution in [0.1, 0.15) is 13.3 Å². The van der Waals surface area contributed by atoms with Crippen molar-refractivity contribution in [3.05, 3.63) is 12.2 Å². The van der Waals surface area contributed by atoms with Gasteiger partial charge in [-0.05, 0) is 6.42 Å². The summed E-state index contributed by atoms with van der Waals surface area (Å²) in [7, 11) is 0. The lowest BCUT2D eigenvalue weighted by Crippen LogP contribution is -2.06. The predicted octanol–water partition coefficient (Wildman–Crippen LogP) is 1.17. The molecule has 2 heteroatoms. The van der Waals surface area contributed by atoms with Crippen LogP contribution in [0.15, 0.2) is 12.2 Å². The van der Waals surface area contributed by atoms with Crippen molar-refractivity contribution < 1.29 is 0 Å². The lowest BCUT2D eigenvalue weighted by molar-refractivity contribution is 1.13. The minimum absolute atomic E-state index is 0.0834. The predicted molar refractivity (Wildman–Crippen MR) is 36.4 cm³/mol. The first-order chi connectivity index (χ1) is 3.27. The standard InChI is InChI=1S/C5H11NS/c1-2-3-4-5(6)7/h3-5,7H,2,6H2,1H3/b4-3+. The van der Waals surface area contributed by atoms with Crippen LogP contribution in [0, 0.1) is 0 Å². The molecule has 0 aliphatic heterocycles. The van der Waals surface area contributed by atoms with Crippen LogP contribution in [0.25, 0.3) is 0 Å². The van der Waals surface area contributed by atoms with Crippen molar-refractivity contribution in [1.82, 2.24) is 0 Å². The van der Waals surface area contributed by atoms with Crippen molar-refractivity contribution in [2.75, 3.05) is 0 Å². The molecule has 0 heterocycles. The highest BCUT2D eigenvalue weighted by atomic mass is 32.1. The molecule has 0 spiro atoms. The Labute approximate surface area is 50.0 Å². The van der Waals surface area contributed by atoms with Gasteiger partial charge in [0.05, 0.1) is 5.37 Å². The van der Waals surface area contributed by atoms with Crippen molar-refractivity contribution in [3.63, 3.8) is 0 Å².